The molecule has 0 bridgehead atoms. The molecule has 0 amide bonds. The number of benzene rings is 9. The summed E-state index contributed by atoms with van der Waals surface area (Å²) in [6, 6.07) is 76.3. The molecule has 2 atom stereocenters. The summed E-state index contributed by atoms with van der Waals surface area (Å²) in [7, 11) is 0. The van der Waals surface area contributed by atoms with E-state index in [0.717, 1.165) is 23.5 Å². The molecule has 354 valence electrons. The van der Waals surface area contributed by atoms with Crippen molar-refractivity contribution in [2.24, 2.45) is 0 Å². The molecule has 1 nitrogen and oxygen atoms in total. The van der Waals surface area contributed by atoms with E-state index in [1.54, 1.807) is 0 Å². The van der Waals surface area contributed by atoms with Crippen LogP contribution in [0.5, 0.6) is 0 Å². The smallest absolute Gasteiger partial charge is 0.0540 e. The number of hydrogen-bond donors (Lipinski definition) is 0. The average Bonchev–Trinajstić information content (AvgIpc) is 3.79. The number of nitrogens with zero attached hydrogens (tertiary/aromatic N) is 1. The third-order valence-electron chi connectivity index (χ3n) is 16.6. The summed E-state index contributed by atoms with van der Waals surface area (Å²) in [6.07, 6.45) is 5.70. The molecular weight excluding hydrogens is 867 g/mol. The predicted octanol–water partition coefficient (Wildman–Crippen LogP) is 19.3. The lowest BCUT2D eigenvalue weighted by Gasteiger charge is -2.33. The molecule has 0 saturated carbocycles. The highest BCUT2D eigenvalue weighted by atomic mass is 15.1. The Morgan fingerprint density at radius 2 is 1.01 bits per heavy atom. The first-order valence-electron chi connectivity index (χ1n) is 26.1. The molecule has 0 radical (unpaired) electrons. The van der Waals surface area contributed by atoms with Crippen LogP contribution >= 0.6 is 0 Å². The van der Waals surface area contributed by atoms with Crippen LogP contribution in [0.2, 0.25) is 0 Å². The van der Waals surface area contributed by atoms with Gasteiger partial charge in [0.05, 0.1) is 5.69 Å². The molecule has 0 aromatic heterocycles. The molecule has 3 aliphatic rings. The zero-order valence-corrected chi connectivity index (χ0v) is 43.4. The third-order valence-corrected chi connectivity index (χ3v) is 16.6. The molecular formula is C71H65N. The van der Waals surface area contributed by atoms with E-state index in [9.17, 15) is 0 Å². The van der Waals surface area contributed by atoms with Crippen LogP contribution in [0.25, 0.3) is 50.6 Å². The van der Waals surface area contributed by atoms with Crippen LogP contribution in [-0.2, 0) is 21.7 Å². The maximum absolute atomic E-state index is 2.56. The summed E-state index contributed by atoms with van der Waals surface area (Å²) < 4.78 is 0. The van der Waals surface area contributed by atoms with Gasteiger partial charge in [-0.3, -0.25) is 0 Å². The van der Waals surface area contributed by atoms with Gasteiger partial charge in [0.25, 0.3) is 0 Å². The maximum atomic E-state index is 2.56. The van der Waals surface area contributed by atoms with Gasteiger partial charge in [-0.2, -0.15) is 0 Å². The summed E-state index contributed by atoms with van der Waals surface area (Å²) >= 11 is 0. The Morgan fingerprint density at radius 1 is 0.444 bits per heavy atom. The minimum atomic E-state index is -0.354. The molecule has 9 aromatic carbocycles. The van der Waals surface area contributed by atoms with E-state index in [0.29, 0.717) is 0 Å². The second-order valence-corrected chi connectivity index (χ2v) is 23.4. The highest BCUT2D eigenvalue weighted by molar-refractivity contribution is 5.95. The summed E-state index contributed by atoms with van der Waals surface area (Å²) in [5, 5.41) is 0. The number of fused-ring (bicyclic) bond motifs is 7. The molecule has 0 saturated heterocycles. The molecule has 0 fully saturated rings. The normalized spacial score (nSPS) is 17.2. The van der Waals surface area contributed by atoms with Crippen LogP contribution in [0.1, 0.15) is 130 Å². The van der Waals surface area contributed by atoms with Crippen molar-refractivity contribution in [2.75, 3.05) is 4.90 Å². The van der Waals surface area contributed by atoms with E-state index in [1.807, 2.05) is 0 Å². The summed E-state index contributed by atoms with van der Waals surface area (Å²) in [5.41, 5.74) is 26.8. The van der Waals surface area contributed by atoms with Crippen molar-refractivity contribution >= 4 is 23.1 Å². The monoisotopic (exact) mass is 932 g/mol. The fourth-order valence-corrected chi connectivity index (χ4v) is 12.7. The fourth-order valence-electron chi connectivity index (χ4n) is 12.7. The molecule has 12 rings (SSSR count). The molecule has 72 heavy (non-hydrogen) atoms. The van der Waals surface area contributed by atoms with Crippen molar-refractivity contribution in [1.29, 1.82) is 0 Å². The van der Waals surface area contributed by atoms with Gasteiger partial charge in [0.2, 0.25) is 0 Å². The molecule has 9 aromatic rings. The van der Waals surface area contributed by atoms with Gasteiger partial charge in [-0.25, -0.2) is 0 Å². The summed E-state index contributed by atoms with van der Waals surface area (Å²) in [4.78, 5) is 2.56. The highest BCUT2D eigenvalue weighted by Crippen LogP contribution is 2.56. The van der Waals surface area contributed by atoms with Crippen LogP contribution in [0.15, 0.2) is 206 Å². The van der Waals surface area contributed by atoms with Gasteiger partial charge in [-0.05, 0) is 149 Å². The van der Waals surface area contributed by atoms with Crippen molar-refractivity contribution in [3.8, 4) is 44.5 Å². The van der Waals surface area contributed by atoms with Crippen molar-refractivity contribution < 1.29 is 0 Å². The van der Waals surface area contributed by atoms with Gasteiger partial charge in [0, 0.05) is 33.7 Å². The van der Waals surface area contributed by atoms with E-state index >= 15 is 0 Å². The van der Waals surface area contributed by atoms with Gasteiger partial charge in [0.15, 0.2) is 0 Å². The standard InChI is InChI=1S/C71H65N/c1-68(2,3)50-41-48(42-51(44-50)69(4,5)6)54-32-20-23-46-24-21-34-60(66(46)54)59-31-15-18-38-65(59)72(53-39-40-58-56-29-14-17-37-63(56)71(9,64(58)45-53)49-26-11-10-12-27-49)52-28-19-25-47(43-52)55-33-22-35-61-57-30-13-16-36-62(57)70(7,8)67(55)61/h10-31,33-45,54H,32H2,1-9H3. The molecule has 0 spiro atoms. The molecule has 0 N–H and O–H groups in total. The number of anilines is 3. The van der Waals surface area contributed by atoms with Crippen molar-refractivity contribution in [1.82, 2.24) is 0 Å². The summed E-state index contributed by atoms with van der Waals surface area (Å²) in [6.45, 7) is 21.3. The lowest BCUT2D eigenvalue weighted by atomic mass is 9.74. The lowest BCUT2D eigenvalue weighted by molar-refractivity contribution is 0.565. The van der Waals surface area contributed by atoms with Gasteiger partial charge in [-0.1, -0.05) is 237 Å². The van der Waals surface area contributed by atoms with Crippen molar-refractivity contribution in [3.63, 3.8) is 0 Å². The second kappa shape index (κ2) is 16.8. The van der Waals surface area contributed by atoms with E-state index < -0.39 is 0 Å². The van der Waals surface area contributed by atoms with Gasteiger partial charge in [-0.15, -0.1) is 0 Å². The minimum absolute atomic E-state index is 0.0118. The van der Waals surface area contributed by atoms with E-state index in [2.05, 4.69) is 280 Å². The Kier molecular flexibility index (Phi) is 10.7. The fraction of sp³-hybridized carbons (Fsp3) is 0.211. The minimum Gasteiger partial charge on any atom is -0.310 e. The SMILES string of the molecule is CC(C)(C)c1cc(C2CC=Cc3cccc(-c4ccccc4N(c4cccc(-c5cccc6c5C(C)(C)c5ccccc5-6)c4)c4ccc5c(c4)C(C)(c4ccccc4)c4ccccc4-5)c32)cc(C(C)(C)C)c1. The summed E-state index contributed by atoms with van der Waals surface area (Å²) in [5.74, 6) is 0.187. The average molecular weight is 932 g/mol. The first-order valence-corrected chi connectivity index (χ1v) is 26.1. The number of rotatable bonds is 7. The van der Waals surface area contributed by atoms with Crippen LogP contribution in [0.4, 0.5) is 17.1 Å². The molecule has 2 unspecified atom stereocenters. The van der Waals surface area contributed by atoms with E-state index in [1.165, 1.54) is 100 Å². The number of hydrogen-bond acceptors (Lipinski definition) is 1. The lowest BCUT2D eigenvalue weighted by Crippen LogP contribution is -2.23. The van der Waals surface area contributed by atoms with Gasteiger partial charge >= 0.3 is 0 Å². The predicted molar refractivity (Wildman–Crippen MR) is 306 cm³/mol. The van der Waals surface area contributed by atoms with E-state index in [4.69, 9.17) is 0 Å². The largest absolute Gasteiger partial charge is 0.310 e. The number of para-hydroxylation sites is 1. The number of allylic oxidation sites excluding steroid dienone is 1. The maximum Gasteiger partial charge on any atom is 0.0540 e. The second-order valence-electron chi connectivity index (χ2n) is 23.4. The Hall–Kier alpha value is -7.48. The highest BCUT2D eigenvalue weighted by Gasteiger charge is 2.42. The van der Waals surface area contributed by atoms with Crippen molar-refractivity contribution in [2.45, 2.75) is 96.3 Å². The topological polar surface area (TPSA) is 3.24 Å². The third kappa shape index (κ3) is 7.26. The quantitative estimate of drug-likeness (QED) is 0.154. The first kappa shape index (κ1) is 45.6. The molecule has 1 heteroatoms. The Bertz CT molecular complexity index is 3590. The molecule has 0 aliphatic heterocycles. The molecule has 3 aliphatic carbocycles. The zero-order valence-electron chi connectivity index (χ0n) is 43.4. The van der Waals surface area contributed by atoms with Gasteiger partial charge < -0.3 is 4.90 Å². The van der Waals surface area contributed by atoms with Crippen molar-refractivity contribution in [3.05, 3.63) is 262 Å². The van der Waals surface area contributed by atoms with Crippen LogP contribution in [0.3, 0.4) is 0 Å². The van der Waals surface area contributed by atoms with Crippen LogP contribution in [-0.4, -0.2) is 0 Å². The van der Waals surface area contributed by atoms with E-state index in [-0.39, 0.29) is 27.6 Å². The van der Waals surface area contributed by atoms with Gasteiger partial charge in [0.1, 0.15) is 0 Å². The van der Waals surface area contributed by atoms with Crippen LogP contribution < -0.4 is 4.90 Å². The molecule has 0 heterocycles. The Labute approximate surface area is 428 Å². The Morgan fingerprint density at radius 3 is 1.75 bits per heavy atom. The van der Waals surface area contributed by atoms with Crippen LogP contribution in [0, 0.1) is 0 Å². The Balaban J connectivity index is 1.09. The first-order chi connectivity index (χ1) is 34.6. The zero-order chi connectivity index (χ0) is 49.7.